The molecule has 0 aliphatic heterocycles. The molecule has 0 fully saturated rings. The van der Waals surface area contributed by atoms with E-state index in [0.29, 0.717) is 12.2 Å². The Hall–Kier alpha value is -3.27. The van der Waals surface area contributed by atoms with Gasteiger partial charge in [-0.2, -0.15) is 0 Å². The quantitative estimate of drug-likeness (QED) is 0.585. The fourth-order valence-electron chi connectivity index (χ4n) is 3.14. The van der Waals surface area contributed by atoms with Crippen LogP contribution in [-0.2, 0) is 4.79 Å². The Morgan fingerprint density at radius 2 is 1.45 bits per heavy atom. The van der Waals surface area contributed by atoms with Crippen molar-refractivity contribution in [1.82, 2.24) is 5.32 Å². The summed E-state index contributed by atoms with van der Waals surface area (Å²) in [5.41, 5.74) is 3.25. The summed E-state index contributed by atoms with van der Waals surface area (Å²) in [7, 11) is 1.62. The van der Waals surface area contributed by atoms with E-state index in [1.807, 2.05) is 61.5 Å². The molecule has 0 radical (unpaired) electrons. The van der Waals surface area contributed by atoms with Gasteiger partial charge in [0.05, 0.1) is 13.2 Å². The molecular formula is C25H27NO3. The number of aryl methyl sites for hydroxylation is 1. The molecule has 0 bridgehead atoms. The van der Waals surface area contributed by atoms with Crippen LogP contribution in [0.15, 0.2) is 78.9 Å². The minimum absolute atomic E-state index is 0.141. The molecule has 2 atom stereocenters. The highest BCUT2D eigenvalue weighted by molar-refractivity contribution is 5.82. The topological polar surface area (TPSA) is 47.6 Å². The van der Waals surface area contributed by atoms with E-state index in [0.717, 1.165) is 16.9 Å². The van der Waals surface area contributed by atoms with Gasteiger partial charge in [-0.1, -0.05) is 67.1 Å². The van der Waals surface area contributed by atoms with Gasteiger partial charge in [-0.15, -0.1) is 0 Å². The van der Waals surface area contributed by atoms with Crippen LogP contribution in [0.5, 0.6) is 11.5 Å². The number of hydrogen-bond acceptors (Lipinski definition) is 3. The van der Waals surface area contributed by atoms with Crippen molar-refractivity contribution in [3.8, 4) is 11.5 Å². The van der Waals surface area contributed by atoms with Gasteiger partial charge in [-0.25, -0.2) is 0 Å². The van der Waals surface area contributed by atoms with Crippen molar-refractivity contribution in [3.05, 3.63) is 95.6 Å². The van der Waals surface area contributed by atoms with Crippen molar-refractivity contribution in [2.24, 2.45) is 0 Å². The predicted octanol–water partition coefficient (Wildman–Crippen LogP) is 5.07. The normalized spacial score (nSPS) is 12.7. The van der Waals surface area contributed by atoms with E-state index in [4.69, 9.17) is 9.47 Å². The van der Waals surface area contributed by atoms with Crippen molar-refractivity contribution < 1.29 is 14.3 Å². The van der Waals surface area contributed by atoms with E-state index in [9.17, 15) is 4.79 Å². The highest BCUT2D eigenvalue weighted by Crippen LogP contribution is 2.24. The Labute approximate surface area is 172 Å². The molecule has 0 aliphatic rings. The maximum atomic E-state index is 13.1. The first-order valence-electron chi connectivity index (χ1n) is 9.83. The van der Waals surface area contributed by atoms with Gasteiger partial charge in [0.15, 0.2) is 6.10 Å². The number of nitrogens with one attached hydrogen (secondary N) is 1. The summed E-state index contributed by atoms with van der Waals surface area (Å²) in [5.74, 6) is 1.25. The molecule has 3 aromatic carbocycles. The molecule has 0 saturated heterocycles. The zero-order chi connectivity index (χ0) is 20.6. The van der Waals surface area contributed by atoms with E-state index < -0.39 is 6.10 Å². The lowest BCUT2D eigenvalue weighted by molar-refractivity contribution is -0.128. The van der Waals surface area contributed by atoms with Gasteiger partial charge in [0.1, 0.15) is 11.5 Å². The molecule has 29 heavy (non-hydrogen) atoms. The van der Waals surface area contributed by atoms with Gasteiger partial charge in [0, 0.05) is 0 Å². The highest BCUT2D eigenvalue weighted by Gasteiger charge is 2.23. The van der Waals surface area contributed by atoms with E-state index in [1.165, 1.54) is 5.56 Å². The maximum absolute atomic E-state index is 13.1. The number of ether oxygens (including phenoxy) is 2. The Kier molecular flexibility index (Phi) is 6.90. The van der Waals surface area contributed by atoms with Crippen LogP contribution in [0.2, 0.25) is 0 Å². The number of carbonyl (C=O) groups is 1. The number of rotatable bonds is 8. The Balaban J connectivity index is 1.79. The fraction of sp³-hybridized carbons (Fsp3) is 0.240. The minimum atomic E-state index is -0.583. The lowest BCUT2D eigenvalue weighted by Gasteiger charge is -2.24. The summed E-state index contributed by atoms with van der Waals surface area (Å²) >= 11 is 0. The monoisotopic (exact) mass is 389 g/mol. The molecule has 3 aromatic rings. The lowest BCUT2D eigenvalue weighted by Crippen LogP contribution is -2.40. The van der Waals surface area contributed by atoms with E-state index in [1.54, 1.807) is 7.11 Å². The van der Waals surface area contributed by atoms with Crippen molar-refractivity contribution >= 4 is 5.91 Å². The second kappa shape index (κ2) is 9.78. The molecule has 1 N–H and O–H groups in total. The van der Waals surface area contributed by atoms with Crippen LogP contribution in [0.25, 0.3) is 0 Å². The van der Waals surface area contributed by atoms with Gasteiger partial charge in [0.2, 0.25) is 0 Å². The third-order valence-electron chi connectivity index (χ3n) is 4.83. The minimum Gasteiger partial charge on any atom is -0.497 e. The molecule has 0 unspecified atom stereocenters. The summed E-state index contributed by atoms with van der Waals surface area (Å²) in [6.45, 7) is 3.99. The Morgan fingerprint density at radius 1 is 0.862 bits per heavy atom. The molecule has 0 heterocycles. The molecule has 0 aliphatic carbocycles. The Bertz CT molecular complexity index is 905. The van der Waals surface area contributed by atoms with E-state index in [2.05, 4.69) is 36.5 Å². The fourth-order valence-corrected chi connectivity index (χ4v) is 3.14. The molecule has 0 saturated carbocycles. The second-order valence-electron chi connectivity index (χ2n) is 6.95. The van der Waals surface area contributed by atoms with Crippen LogP contribution in [0, 0.1) is 6.92 Å². The second-order valence-corrected chi connectivity index (χ2v) is 6.95. The van der Waals surface area contributed by atoms with Crippen molar-refractivity contribution in [2.75, 3.05) is 7.11 Å². The zero-order valence-corrected chi connectivity index (χ0v) is 17.1. The van der Waals surface area contributed by atoms with Gasteiger partial charge < -0.3 is 14.8 Å². The summed E-state index contributed by atoms with van der Waals surface area (Å²) in [5, 5.41) is 3.17. The highest BCUT2D eigenvalue weighted by atomic mass is 16.5. The van der Waals surface area contributed by atoms with E-state index >= 15 is 0 Å². The SMILES string of the molecule is CC[C@@H](Oc1ccc(OC)cc1)C(=O)N[C@H](c1ccccc1)c1ccc(C)cc1. The van der Waals surface area contributed by atoms with E-state index in [-0.39, 0.29) is 11.9 Å². The predicted molar refractivity (Wildman–Crippen MR) is 115 cm³/mol. The first-order valence-corrected chi connectivity index (χ1v) is 9.83. The number of hydrogen-bond donors (Lipinski definition) is 1. The Morgan fingerprint density at radius 3 is 2.03 bits per heavy atom. The lowest BCUT2D eigenvalue weighted by atomic mass is 9.97. The molecule has 3 rings (SSSR count). The van der Waals surface area contributed by atoms with Crippen molar-refractivity contribution in [1.29, 1.82) is 0 Å². The molecule has 150 valence electrons. The number of carbonyl (C=O) groups excluding carboxylic acids is 1. The van der Waals surface area contributed by atoms with Gasteiger partial charge in [-0.05, 0) is 48.7 Å². The van der Waals surface area contributed by atoms with Crippen LogP contribution in [0.1, 0.15) is 36.1 Å². The summed E-state index contributed by atoms with van der Waals surface area (Å²) in [6, 6.07) is 25.2. The third kappa shape index (κ3) is 5.38. The summed E-state index contributed by atoms with van der Waals surface area (Å²) in [6.07, 6.45) is -0.0205. The molecular weight excluding hydrogens is 362 g/mol. The van der Waals surface area contributed by atoms with Crippen LogP contribution in [0.4, 0.5) is 0 Å². The first-order chi connectivity index (χ1) is 14.1. The molecule has 1 amide bonds. The van der Waals surface area contributed by atoms with Crippen molar-refractivity contribution in [3.63, 3.8) is 0 Å². The van der Waals surface area contributed by atoms with Gasteiger partial charge in [-0.3, -0.25) is 4.79 Å². The standard InChI is InChI=1S/C25H27NO3/c1-4-23(29-22-16-14-21(28-3)15-17-22)25(27)26-24(19-8-6-5-7-9-19)20-12-10-18(2)11-13-20/h5-17,23-24H,4H2,1-3H3,(H,26,27)/t23-,24-/m1/s1. The van der Waals surface area contributed by atoms with Crippen LogP contribution >= 0.6 is 0 Å². The smallest absolute Gasteiger partial charge is 0.261 e. The van der Waals surface area contributed by atoms with Crippen LogP contribution < -0.4 is 14.8 Å². The first kappa shape index (κ1) is 20.5. The van der Waals surface area contributed by atoms with Crippen LogP contribution in [0.3, 0.4) is 0 Å². The third-order valence-corrected chi connectivity index (χ3v) is 4.83. The number of methoxy groups -OCH3 is 1. The molecule has 4 nitrogen and oxygen atoms in total. The number of benzene rings is 3. The van der Waals surface area contributed by atoms with Gasteiger partial charge in [0.25, 0.3) is 5.91 Å². The average molecular weight is 389 g/mol. The largest absolute Gasteiger partial charge is 0.497 e. The summed E-state index contributed by atoms with van der Waals surface area (Å²) < 4.78 is 11.1. The van der Waals surface area contributed by atoms with Crippen molar-refractivity contribution in [2.45, 2.75) is 32.4 Å². The van der Waals surface area contributed by atoms with Crippen LogP contribution in [-0.4, -0.2) is 19.1 Å². The average Bonchev–Trinajstić information content (AvgIpc) is 2.77. The summed E-state index contributed by atoms with van der Waals surface area (Å²) in [4.78, 5) is 13.1. The zero-order valence-electron chi connectivity index (χ0n) is 17.1. The van der Waals surface area contributed by atoms with Gasteiger partial charge >= 0.3 is 0 Å². The maximum Gasteiger partial charge on any atom is 0.261 e. The molecule has 4 heteroatoms. The molecule has 0 spiro atoms. The molecule has 0 aromatic heterocycles. The number of amides is 1.